The number of fused-ring (bicyclic) bond motifs is 2. The third-order valence-electron chi connectivity index (χ3n) is 6.51. The van der Waals surface area contributed by atoms with E-state index >= 15 is 0 Å². The Balaban J connectivity index is 1.42. The molecule has 2 fully saturated rings. The molecule has 1 aliphatic heterocycles. The molecular weight excluding hydrogens is 503 g/mol. The summed E-state index contributed by atoms with van der Waals surface area (Å²) in [5.74, 6) is -0.636. The van der Waals surface area contributed by atoms with Crippen molar-refractivity contribution in [1.29, 1.82) is 0 Å². The predicted octanol–water partition coefficient (Wildman–Crippen LogP) is 6.01. The fraction of sp³-hybridized carbons (Fsp3) is 0.500. The molecule has 1 N–H and O–H groups in total. The number of aromatic nitrogens is 3. The van der Waals surface area contributed by atoms with E-state index in [2.05, 4.69) is 32.0 Å². The summed E-state index contributed by atoms with van der Waals surface area (Å²) >= 11 is 12.5. The van der Waals surface area contributed by atoms with Gasteiger partial charge in [-0.2, -0.15) is 4.98 Å². The van der Waals surface area contributed by atoms with Crippen LogP contribution in [0.3, 0.4) is 0 Å². The molecule has 10 heteroatoms. The number of carbonyl (C=O) groups is 1. The minimum absolute atomic E-state index is 0.0372. The number of nitrogens with zero attached hydrogens (tertiary/aromatic N) is 3. The molecule has 0 bridgehead atoms. The summed E-state index contributed by atoms with van der Waals surface area (Å²) in [6, 6.07) is 10.1. The highest BCUT2D eigenvalue weighted by Gasteiger charge is 2.55. The van der Waals surface area contributed by atoms with Gasteiger partial charge in [-0.15, -0.1) is 0 Å². The van der Waals surface area contributed by atoms with Crippen molar-refractivity contribution in [2.24, 2.45) is 0 Å². The molecule has 4 atom stereocenters. The summed E-state index contributed by atoms with van der Waals surface area (Å²) in [6.45, 7) is 9.76. The lowest BCUT2D eigenvalue weighted by Crippen LogP contribution is -2.32. The summed E-state index contributed by atoms with van der Waals surface area (Å²) in [6.07, 6.45) is 1.96. The number of carbonyl (C=O) groups excluding carboxylic acids is 1. The molecule has 1 saturated carbocycles. The normalized spacial score (nSPS) is 25.2. The summed E-state index contributed by atoms with van der Waals surface area (Å²) in [4.78, 5) is 20.6. The van der Waals surface area contributed by atoms with Gasteiger partial charge in [-0.1, -0.05) is 35.9 Å². The number of alkyl carbamates (subject to hydrolysis) is 1. The van der Waals surface area contributed by atoms with Gasteiger partial charge in [0, 0.05) is 18.7 Å². The molecule has 1 saturated heterocycles. The van der Waals surface area contributed by atoms with Gasteiger partial charge in [0.2, 0.25) is 5.28 Å². The van der Waals surface area contributed by atoms with Crippen molar-refractivity contribution in [3.05, 3.63) is 58.1 Å². The standard InChI is InChI=1S/C26H30Cl2N4O4/c1-25(2,3)36-24(33)29-13-14-7-6-8-15(11-14)17-12-18(20-19(17)34-26(4,5)35-20)32-10-9-16-21(27)30-23(28)31-22(16)32/h6-11,17-20H,12-13H2,1-5H3,(H,29,33)/t17-,18-,19-,20+/m1/s1. The Bertz CT molecular complexity index is 1300. The number of benzene rings is 1. The molecule has 1 amide bonds. The zero-order valence-electron chi connectivity index (χ0n) is 20.9. The van der Waals surface area contributed by atoms with E-state index in [0.29, 0.717) is 17.3 Å². The molecule has 3 heterocycles. The predicted molar refractivity (Wildman–Crippen MR) is 137 cm³/mol. The first-order valence-electron chi connectivity index (χ1n) is 12.0. The second-order valence-electron chi connectivity index (χ2n) is 10.8. The third-order valence-corrected chi connectivity index (χ3v) is 6.96. The van der Waals surface area contributed by atoms with Crippen molar-refractivity contribution in [2.45, 2.75) is 83.1 Å². The number of halogens is 2. The van der Waals surface area contributed by atoms with Crippen molar-refractivity contribution in [3.8, 4) is 0 Å². The number of hydrogen-bond acceptors (Lipinski definition) is 6. The van der Waals surface area contributed by atoms with E-state index in [0.717, 1.165) is 22.9 Å². The number of hydrogen-bond donors (Lipinski definition) is 1. The van der Waals surface area contributed by atoms with Gasteiger partial charge in [0.25, 0.3) is 0 Å². The molecule has 8 nitrogen and oxygen atoms in total. The summed E-state index contributed by atoms with van der Waals surface area (Å²) in [5, 5.41) is 4.01. The van der Waals surface area contributed by atoms with Gasteiger partial charge < -0.3 is 24.1 Å². The molecule has 2 aliphatic rings. The van der Waals surface area contributed by atoms with Gasteiger partial charge in [0.05, 0.1) is 17.5 Å². The monoisotopic (exact) mass is 532 g/mol. The van der Waals surface area contributed by atoms with Crippen molar-refractivity contribution >= 4 is 40.3 Å². The van der Waals surface area contributed by atoms with Gasteiger partial charge in [0.15, 0.2) is 5.79 Å². The van der Waals surface area contributed by atoms with Crippen LogP contribution in [0, 0.1) is 0 Å². The zero-order chi connectivity index (χ0) is 25.8. The minimum atomic E-state index is -0.713. The topological polar surface area (TPSA) is 87.5 Å². The maximum absolute atomic E-state index is 12.1. The Hall–Kier alpha value is -2.39. The van der Waals surface area contributed by atoms with Crippen molar-refractivity contribution < 1.29 is 19.0 Å². The SMILES string of the molecule is CC(C)(C)OC(=O)NCc1cccc([C@H]2C[C@@H](n3ccc4c(Cl)nc(Cl)nc43)[C@@H]3OC(C)(C)O[C@@H]32)c1. The van der Waals surface area contributed by atoms with Crippen LogP contribution in [0.5, 0.6) is 0 Å². The number of amides is 1. The van der Waals surface area contributed by atoms with E-state index in [-0.39, 0.29) is 29.5 Å². The molecule has 2 aromatic heterocycles. The van der Waals surface area contributed by atoms with E-state index in [1.807, 2.05) is 59.0 Å². The Morgan fingerprint density at radius 3 is 2.69 bits per heavy atom. The van der Waals surface area contributed by atoms with E-state index in [1.165, 1.54) is 0 Å². The zero-order valence-corrected chi connectivity index (χ0v) is 22.4. The second kappa shape index (κ2) is 9.17. The first-order valence-corrected chi connectivity index (χ1v) is 12.8. The second-order valence-corrected chi connectivity index (χ2v) is 11.5. The molecule has 3 aromatic rings. The minimum Gasteiger partial charge on any atom is -0.444 e. The number of nitrogens with one attached hydrogen (secondary N) is 1. The molecule has 0 radical (unpaired) electrons. The highest BCUT2D eigenvalue weighted by molar-refractivity contribution is 6.35. The first-order chi connectivity index (χ1) is 16.9. The molecule has 0 unspecified atom stereocenters. The fourth-order valence-corrected chi connectivity index (χ4v) is 5.65. The average Bonchev–Trinajstić information content (AvgIpc) is 3.42. The Morgan fingerprint density at radius 1 is 1.19 bits per heavy atom. The summed E-state index contributed by atoms with van der Waals surface area (Å²) < 4.78 is 20.2. The van der Waals surface area contributed by atoms with Crippen LogP contribution < -0.4 is 5.32 Å². The molecule has 1 aliphatic carbocycles. The van der Waals surface area contributed by atoms with Gasteiger partial charge in [0.1, 0.15) is 22.5 Å². The smallest absolute Gasteiger partial charge is 0.407 e. The maximum atomic E-state index is 12.1. The molecular formula is C26H30Cl2N4O4. The molecule has 0 spiro atoms. The van der Waals surface area contributed by atoms with E-state index in [9.17, 15) is 4.79 Å². The van der Waals surface area contributed by atoms with E-state index < -0.39 is 17.5 Å². The molecule has 36 heavy (non-hydrogen) atoms. The van der Waals surface area contributed by atoms with Gasteiger partial charge in [-0.3, -0.25) is 0 Å². The van der Waals surface area contributed by atoms with E-state index in [4.69, 9.17) is 37.4 Å². The summed E-state index contributed by atoms with van der Waals surface area (Å²) in [5.41, 5.74) is 2.23. The Labute approximate surface area is 220 Å². The van der Waals surface area contributed by atoms with Gasteiger partial charge in [-0.25, -0.2) is 9.78 Å². The highest BCUT2D eigenvalue weighted by Crippen LogP contribution is 2.51. The third kappa shape index (κ3) is 5.05. The largest absolute Gasteiger partial charge is 0.444 e. The van der Waals surface area contributed by atoms with E-state index in [1.54, 1.807) is 0 Å². The lowest BCUT2D eigenvalue weighted by atomic mass is 9.93. The fourth-order valence-electron chi connectivity index (χ4n) is 5.21. The van der Waals surface area contributed by atoms with Crippen LogP contribution in [0.1, 0.15) is 64.1 Å². The van der Waals surface area contributed by atoms with Crippen LogP contribution in [0.25, 0.3) is 11.0 Å². The quantitative estimate of drug-likeness (QED) is 0.327. The van der Waals surface area contributed by atoms with Crippen LogP contribution >= 0.6 is 23.2 Å². The van der Waals surface area contributed by atoms with Crippen LogP contribution in [0.2, 0.25) is 10.4 Å². The van der Waals surface area contributed by atoms with Crippen molar-refractivity contribution in [2.75, 3.05) is 0 Å². The molecule has 1 aromatic carbocycles. The lowest BCUT2D eigenvalue weighted by Gasteiger charge is -2.25. The maximum Gasteiger partial charge on any atom is 0.407 e. The van der Waals surface area contributed by atoms with Gasteiger partial charge >= 0.3 is 6.09 Å². The van der Waals surface area contributed by atoms with Crippen molar-refractivity contribution in [3.63, 3.8) is 0 Å². The number of ether oxygens (including phenoxy) is 3. The van der Waals surface area contributed by atoms with Gasteiger partial charge in [-0.05, 0) is 69.8 Å². The molecule has 5 rings (SSSR count). The van der Waals surface area contributed by atoms with Crippen LogP contribution in [0.4, 0.5) is 4.79 Å². The summed E-state index contributed by atoms with van der Waals surface area (Å²) in [7, 11) is 0. The highest BCUT2D eigenvalue weighted by atomic mass is 35.5. The molecule has 192 valence electrons. The Morgan fingerprint density at radius 2 is 1.94 bits per heavy atom. The van der Waals surface area contributed by atoms with Crippen LogP contribution in [-0.4, -0.2) is 44.2 Å². The number of rotatable bonds is 4. The lowest BCUT2D eigenvalue weighted by molar-refractivity contribution is -0.157. The van der Waals surface area contributed by atoms with Crippen molar-refractivity contribution in [1.82, 2.24) is 19.9 Å². The Kier molecular flexibility index (Phi) is 6.44. The van der Waals surface area contributed by atoms with Crippen LogP contribution in [0.15, 0.2) is 36.5 Å². The van der Waals surface area contributed by atoms with Crippen LogP contribution in [-0.2, 0) is 20.8 Å². The average molecular weight is 533 g/mol. The first kappa shape index (κ1) is 25.3.